The molecule has 1 heterocycles. The standard InChI is InChI=1S/C11H12ClNO2/c12-9-2-1-7(5-10(9)13)11(14)8-3-4-15-6-8/h1-2,5,8H,3-4,6,13H2. The molecule has 1 fully saturated rings. The van der Waals surface area contributed by atoms with E-state index in [0.717, 1.165) is 6.42 Å². The van der Waals surface area contributed by atoms with Gasteiger partial charge in [-0.15, -0.1) is 0 Å². The van der Waals surface area contributed by atoms with Crippen LogP contribution in [-0.4, -0.2) is 19.0 Å². The highest BCUT2D eigenvalue weighted by Crippen LogP contribution is 2.23. The van der Waals surface area contributed by atoms with E-state index in [1.807, 2.05) is 0 Å². The van der Waals surface area contributed by atoms with Gasteiger partial charge < -0.3 is 10.5 Å². The Morgan fingerprint density at radius 3 is 2.93 bits per heavy atom. The van der Waals surface area contributed by atoms with Crippen molar-refractivity contribution in [3.05, 3.63) is 28.8 Å². The monoisotopic (exact) mass is 225 g/mol. The molecule has 2 N–H and O–H groups in total. The van der Waals surface area contributed by atoms with E-state index in [4.69, 9.17) is 22.1 Å². The van der Waals surface area contributed by atoms with Gasteiger partial charge in [-0.25, -0.2) is 0 Å². The van der Waals surface area contributed by atoms with Crippen LogP contribution in [0.4, 0.5) is 5.69 Å². The summed E-state index contributed by atoms with van der Waals surface area (Å²) in [6, 6.07) is 4.99. The minimum absolute atomic E-state index is 0.0226. The van der Waals surface area contributed by atoms with Crippen LogP contribution in [0.3, 0.4) is 0 Å². The summed E-state index contributed by atoms with van der Waals surface area (Å²) >= 11 is 5.78. The van der Waals surface area contributed by atoms with E-state index >= 15 is 0 Å². The van der Waals surface area contributed by atoms with Gasteiger partial charge in [0.2, 0.25) is 0 Å². The Balaban J connectivity index is 2.21. The van der Waals surface area contributed by atoms with E-state index in [1.54, 1.807) is 18.2 Å². The number of nitrogens with two attached hydrogens (primary N) is 1. The lowest BCUT2D eigenvalue weighted by Gasteiger charge is -2.07. The Bertz CT molecular complexity index is 386. The van der Waals surface area contributed by atoms with Crippen molar-refractivity contribution in [3.63, 3.8) is 0 Å². The first kappa shape index (κ1) is 10.5. The number of halogens is 1. The second-order valence-electron chi connectivity index (χ2n) is 3.66. The summed E-state index contributed by atoms with van der Waals surface area (Å²) in [6.07, 6.45) is 0.793. The molecule has 0 spiro atoms. The number of Topliss-reactive ketones (excluding diaryl/α,β-unsaturated/α-hetero) is 1. The first-order valence-electron chi connectivity index (χ1n) is 4.85. The second kappa shape index (κ2) is 4.21. The van der Waals surface area contributed by atoms with Crippen LogP contribution in [0.1, 0.15) is 16.8 Å². The minimum atomic E-state index is -0.0226. The van der Waals surface area contributed by atoms with Gasteiger partial charge in [-0.05, 0) is 24.6 Å². The van der Waals surface area contributed by atoms with Crippen molar-refractivity contribution >= 4 is 23.1 Å². The fraction of sp³-hybridized carbons (Fsp3) is 0.364. The van der Waals surface area contributed by atoms with Gasteiger partial charge in [-0.2, -0.15) is 0 Å². The summed E-state index contributed by atoms with van der Waals surface area (Å²) in [6.45, 7) is 1.18. The van der Waals surface area contributed by atoms with Crippen molar-refractivity contribution in [2.75, 3.05) is 18.9 Å². The smallest absolute Gasteiger partial charge is 0.168 e. The minimum Gasteiger partial charge on any atom is -0.398 e. The third kappa shape index (κ3) is 2.13. The van der Waals surface area contributed by atoms with Gasteiger partial charge in [-0.1, -0.05) is 11.6 Å². The fourth-order valence-corrected chi connectivity index (χ4v) is 1.79. The quantitative estimate of drug-likeness (QED) is 0.620. The predicted octanol–water partition coefficient (Wildman–Crippen LogP) is 2.14. The number of rotatable bonds is 2. The number of carbonyl (C=O) groups is 1. The maximum absolute atomic E-state index is 11.9. The molecule has 3 nitrogen and oxygen atoms in total. The maximum atomic E-state index is 11.9. The van der Waals surface area contributed by atoms with E-state index in [2.05, 4.69) is 0 Å². The number of hydrogen-bond donors (Lipinski definition) is 1. The first-order chi connectivity index (χ1) is 7.18. The summed E-state index contributed by atoms with van der Waals surface area (Å²) in [4.78, 5) is 11.9. The molecule has 1 aromatic carbocycles. The van der Waals surface area contributed by atoms with Gasteiger partial charge in [-0.3, -0.25) is 4.79 Å². The lowest BCUT2D eigenvalue weighted by atomic mass is 9.97. The average molecular weight is 226 g/mol. The van der Waals surface area contributed by atoms with Crippen molar-refractivity contribution in [3.8, 4) is 0 Å². The topological polar surface area (TPSA) is 52.3 Å². The third-order valence-corrected chi connectivity index (χ3v) is 2.93. The molecule has 0 aliphatic carbocycles. The molecule has 0 amide bonds. The molecule has 1 aliphatic rings. The molecule has 1 unspecified atom stereocenters. The summed E-state index contributed by atoms with van der Waals surface area (Å²) in [7, 11) is 0. The molecule has 0 aromatic heterocycles. The van der Waals surface area contributed by atoms with Gasteiger partial charge in [0.25, 0.3) is 0 Å². The highest BCUT2D eigenvalue weighted by atomic mass is 35.5. The number of hydrogen-bond acceptors (Lipinski definition) is 3. The SMILES string of the molecule is Nc1cc(C(=O)C2CCOC2)ccc1Cl. The molecule has 1 atom stereocenters. The zero-order chi connectivity index (χ0) is 10.8. The summed E-state index contributed by atoms with van der Waals surface area (Å²) in [5, 5.41) is 0.481. The Labute approximate surface area is 93.2 Å². The van der Waals surface area contributed by atoms with Gasteiger partial charge in [0, 0.05) is 18.1 Å². The van der Waals surface area contributed by atoms with Crippen LogP contribution in [0.15, 0.2) is 18.2 Å². The highest BCUT2D eigenvalue weighted by Gasteiger charge is 2.24. The van der Waals surface area contributed by atoms with E-state index in [9.17, 15) is 4.79 Å². The Morgan fingerprint density at radius 1 is 1.53 bits per heavy atom. The lowest BCUT2D eigenvalue weighted by Crippen LogP contribution is -2.14. The molecule has 1 aliphatic heterocycles. The van der Waals surface area contributed by atoms with Gasteiger partial charge >= 0.3 is 0 Å². The van der Waals surface area contributed by atoms with Crippen LogP contribution in [0.5, 0.6) is 0 Å². The third-order valence-electron chi connectivity index (χ3n) is 2.58. The Hall–Kier alpha value is -1.06. The number of nitrogen functional groups attached to an aromatic ring is 1. The molecule has 2 rings (SSSR count). The largest absolute Gasteiger partial charge is 0.398 e. The molecule has 80 valence electrons. The first-order valence-corrected chi connectivity index (χ1v) is 5.23. The van der Waals surface area contributed by atoms with Crippen molar-refractivity contribution in [1.82, 2.24) is 0 Å². The summed E-state index contributed by atoms with van der Waals surface area (Å²) in [5.74, 6) is 0.0708. The molecule has 0 bridgehead atoms. The lowest BCUT2D eigenvalue weighted by molar-refractivity contribution is 0.0900. The number of anilines is 1. The van der Waals surface area contributed by atoms with E-state index in [1.165, 1.54) is 0 Å². The average Bonchev–Trinajstić information content (AvgIpc) is 2.74. The molecule has 15 heavy (non-hydrogen) atoms. The van der Waals surface area contributed by atoms with Crippen LogP contribution in [0.2, 0.25) is 5.02 Å². The highest BCUT2D eigenvalue weighted by molar-refractivity contribution is 6.33. The number of ketones is 1. The Kier molecular flexibility index (Phi) is 2.93. The fourth-order valence-electron chi connectivity index (χ4n) is 1.67. The summed E-state index contributed by atoms with van der Waals surface area (Å²) < 4.78 is 5.18. The Morgan fingerprint density at radius 2 is 2.33 bits per heavy atom. The van der Waals surface area contributed by atoms with E-state index in [0.29, 0.717) is 29.5 Å². The van der Waals surface area contributed by atoms with Crippen LogP contribution in [-0.2, 0) is 4.74 Å². The number of ether oxygens (including phenoxy) is 1. The van der Waals surface area contributed by atoms with Crippen molar-refractivity contribution in [2.24, 2.45) is 5.92 Å². The maximum Gasteiger partial charge on any atom is 0.168 e. The molecule has 1 saturated heterocycles. The predicted molar refractivity (Wildman–Crippen MR) is 59.1 cm³/mol. The van der Waals surface area contributed by atoms with Gasteiger partial charge in [0.15, 0.2) is 5.78 Å². The zero-order valence-electron chi connectivity index (χ0n) is 8.20. The van der Waals surface area contributed by atoms with Crippen LogP contribution in [0, 0.1) is 5.92 Å². The molecular formula is C11H12ClNO2. The molecule has 4 heteroatoms. The molecule has 0 saturated carbocycles. The van der Waals surface area contributed by atoms with E-state index in [-0.39, 0.29) is 11.7 Å². The second-order valence-corrected chi connectivity index (χ2v) is 4.07. The zero-order valence-corrected chi connectivity index (χ0v) is 8.96. The van der Waals surface area contributed by atoms with Crippen molar-refractivity contribution in [1.29, 1.82) is 0 Å². The molecular weight excluding hydrogens is 214 g/mol. The number of benzene rings is 1. The molecule has 0 radical (unpaired) electrons. The van der Waals surface area contributed by atoms with Crippen LogP contribution < -0.4 is 5.73 Å². The molecule has 1 aromatic rings. The summed E-state index contributed by atoms with van der Waals surface area (Å²) in [5.41, 5.74) is 6.71. The van der Waals surface area contributed by atoms with Gasteiger partial charge in [0.05, 0.1) is 17.3 Å². The van der Waals surface area contributed by atoms with E-state index < -0.39 is 0 Å². The van der Waals surface area contributed by atoms with Crippen molar-refractivity contribution in [2.45, 2.75) is 6.42 Å². The van der Waals surface area contributed by atoms with Crippen LogP contribution in [0.25, 0.3) is 0 Å². The normalized spacial score (nSPS) is 20.5. The van der Waals surface area contributed by atoms with Crippen LogP contribution >= 0.6 is 11.6 Å². The van der Waals surface area contributed by atoms with Crippen molar-refractivity contribution < 1.29 is 9.53 Å². The number of carbonyl (C=O) groups excluding carboxylic acids is 1. The van der Waals surface area contributed by atoms with Gasteiger partial charge in [0.1, 0.15) is 0 Å².